The molecule has 1 aliphatic rings. The molecule has 116 valence electrons. The van der Waals surface area contributed by atoms with Crippen molar-refractivity contribution >= 4 is 30.3 Å². The molecule has 3 unspecified atom stereocenters. The summed E-state index contributed by atoms with van der Waals surface area (Å²) in [6.07, 6.45) is 7.70. The van der Waals surface area contributed by atoms with E-state index in [0.717, 1.165) is 12.0 Å². The second kappa shape index (κ2) is 5.72. The van der Waals surface area contributed by atoms with Crippen LogP contribution in [0.1, 0.15) is 18.9 Å². The SMILES string of the molecule is CC1(C(O)(/C=C/c2ccc(Cl)cc2)Cn2cncn2)CC1S. The zero-order valence-corrected chi connectivity index (χ0v) is 13.9. The molecule has 1 saturated carbocycles. The molecule has 0 radical (unpaired) electrons. The fraction of sp³-hybridized carbons (Fsp3) is 0.375. The van der Waals surface area contributed by atoms with Crippen molar-refractivity contribution in [1.82, 2.24) is 14.8 Å². The smallest absolute Gasteiger partial charge is 0.137 e. The molecule has 3 atom stereocenters. The highest BCUT2D eigenvalue weighted by atomic mass is 35.5. The monoisotopic (exact) mass is 335 g/mol. The molecule has 0 saturated heterocycles. The van der Waals surface area contributed by atoms with Gasteiger partial charge in [-0.15, -0.1) is 0 Å². The third-order valence-corrected chi connectivity index (χ3v) is 5.48. The lowest BCUT2D eigenvalue weighted by molar-refractivity contribution is 0.00433. The lowest BCUT2D eigenvalue weighted by Gasteiger charge is -2.32. The van der Waals surface area contributed by atoms with E-state index in [9.17, 15) is 5.11 Å². The van der Waals surface area contributed by atoms with Gasteiger partial charge in [-0.25, -0.2) is 9.67 Å². The van der Waals surface area contributed by atoms with Crippen molar-refractivity contribution in [2.45, 2.75) is 30.7 Å². The average molecular weight is 336 g/mol. The number of thiol groups is 1. The van der Waals surface area contributed by atoms with E-state index >= 15 is 0 Å². The number of aromatic nitrogens is 3. The van der Waals surface area contributed by atoms with Gasteiger partial charge in [-0.3, -0.25) is 0 Å². The van der Waals surface area contributed by atoms with Crippen LogP contribution in [0.4, 0.5) is 0 Å². The van der Waals surface area contributed by atoms with Gasteiger partial charge in [-0.2, -0.15) is 17.7 Å². The highest BCUT2D eigenvalue weighted by Gasteiger charge is 2.60. The van der Waals surface area contributed by atoms with Crippen LogP contribution >= 0.6 is 24.2 Å². The van der Waals surface area contributed by atoms with E-state index in [1.54, 1.807) is 11.0 Å². The highest BCUT2D eigenvalue weighted by molar-refractivity contribution is 7.81. The molecule has 4 nitrogen and oxygen atoms in total. The third-order valence-electron chi connectivity index (χ3n) is 4.47. The van der Waals surface area contributed by atoms with E-state index in [0.29, 0.717) is 11.6 Å². The minimum absolute atomic E-state index is 0.177. The van der Waals surface area contributed by atoms with Crippen molar-refractivity contribution in [3.63, 3.8) is 0 Å². The number of benzene rings is 1. The largest absolute Gasteiger partial charge is 0.383 e. The van der Waals surface area contributed by atoms with E-state index in [1.807, 2.05) is 43.3 Å². The van der Waals surface area contributed by atoms with Crippen molar-refractivity contribution in [3.05, 3.63) is 53.6 Å². The van der Waals surface area contributed by atoms with E-state index in [1.165, 1.54) is 6.33 Å². The van der Waals surface area contributed by atoms with Crippen molar-refractivity contribution in [2.75, 3.05) is 0 Å². The summed E-state index contributed by atoms with van der Waals surface area (Å²) in [5.41, 5.74) is -0.320. The molecule has 1 N–H and O–H groups in total. The molecule has 2 aromatic rings. The predicted octanol–water partition coefficient (Wildman–Crippen LogP) is 3.08. The molecule has 1 heterocycles. The predicted molar refractivity (Wildman–Crippen MR) is 91.0 cm³/mol. The van der Waals surface area contributed by atoms with Gasteiger partial charge in [0.1, 0.15) is 18.3 Å². The quantitative estimate of drug-likeness (QED) is 0.826. The Hall–Kier alpha value is -1.30. The second-order valence-corrected chi connectivity index (χ2v) is 7.10. The number of halogens is 1. The Balaban J connectivity index is 1.87. The van der Waals surface area contributed by atoms with Gasteiger partial charge in [0.15, 0.2) is 0 Å². The summed E-state index contributed by atoms with van der Waals surface area (Å²) in [7, 11) is 0. The molecule has 6 heteroatoms. The molecular weight excluding hydrogens is 318 g/mol. The number of nitrogens with zero attached hydrogens (tertiary/aromatic N) is 3. The standard InChI is InChI=1S/C16H18ClN3OS/c1-15(8-14(15)22)16(21,9-20-11-18-10-19-20)7-6-12-2-4-13(17)5-3-12/h2-7,10-11,14,21-22H,8-9H2,1H3/b7-6+. The van der Waals surface area contributed by atoms with Crippen LogP contribution in [0.3, 0.4) is 0 Å². The van der Waals surface area contributed by atoms with Crippen molar-refractivity contribution in [1.29, 1.82) is 0 Å². The maximum Gasteiger partial charge on any atom is 0.137 e. The van der Waals surface area contributed by atoms with Gasteiger partial charge < -0.3 is 5.11 Å². The van der Waals surface area contributed by atoms with Crippen LogP contribution in [-0.2, 0) is 6.54 Å². The summed E-state index contributed by atoms with van der Waals surface area (Å²) in [6.45, 7) is 2.40. The summed E-state index contributed by atoms with van der Waals surface area (Å²) in [6, 6.07) is 7.50. The fourth-order valence-electron chi connectivity index (χ4n) is 2.60. The van der Waals surface area contributed by atoms with Crippen LogP contribution in [0.25, 0.3) is 6.08 Å². The van der Waals surface area contributed by atoms with Gasteiger partial charge in [0.2, 0.25) is 0 Å². The molecule has 3 rings (SSSR count). The Labute approximate surface area is 140 Å². The Kier molecular flexibility index (Phi) is 4.05. The zero-order valence-electron chi connectivity index (χ0n) is 12.2. The van der Waals surface area contributed by atoms with E-state index < -0.39 is 5.60 Å². The molecular formula is C16H18ClN3OS. The minimum atomic E-state index is -1.03. The molecule has 1 aliphatic carbocycles. The summed E-state index contributed by atoms with van der Waals surface area (Å²) in [5, 5.41) is 16.2. The molecule has 0 amide bonds. The minimum Gasteiger partial charge on any atom is -0.383 e. The number of hydrogen-bond donors (Lipinski definition) is 2. The lowest BCUT2D eigenvalue weighted by atomic mass is 9.84. The van der Waals surface area contributed by atoms with Crippen molar-refractivity contribution < 1.29 is 5.11 Å². The van der Waals surface area contributed by atoms with Crippen LogP contribution in [0.2, 0.25) is 5.02 Å². The van der Waals surface area contributed by atoms with Gasteiger partial charge >= 0.3 is 0 Å². The topological polar surface area (TPSA) is 50.9 Å². The van der Waals surface area contributed by atoms with Crippen LogP contribution in [-0.4, -0.2) is 30.7 Å². The van der Waals surface area contributed by atoms with Crippen LogP contribution in [0.15, 0.2) is 43.0 Å². The van der Waals surface area contributed by atoms with Gasteiger partial charge in [-0.05, 0) is 24.1 Å². The summed E-state index contributed by atoms with van der Waals surface area (Å²) >= 11 is 10.4. The first-order chi connectivity index (χ1) is 10.4. The molecule has 1 aromatic carbocycles. The number of rotatable bonds is 5. The Morgan fingerprint density at radius 1 is 1.50 bits per heavy atom. The second-order valence-electron chi connectivity index (χ2n) is 6.04. The van der Waals surface area contributed by atoms with Crippen LogP contribution < -0.4 is 0 Å². The molecule has 0 aliphatic heterocycles. The van der Waals surface area contributed by atoms with Gasteiger partial charge in [-0.1, -0.05) is 42.8 Å². The number of aliphatic hydroxyl groups is 1. The Morgan fingerprint density at radius 3 is 2.73 bits per heavy atom. The first-order valence-electron chi connectivity index (χ1n) is 7.11. The van der Waals surface area contributed by atoms with Crippen LogP contribution in [0, 0.1) is 5.41 Å². The van der Waals surface area contributed by atoms with Crippen LogP contribution in [0.5, 0.6) is 0 Å². The summed E-state index contributed by atoms with van der Waals surface area (Å²) < 4.78 is 1.65. The normalized spacial score (nSPS) is 27.0. The molecule has 0 spiro atoms. The molecule has 0 bridgehead atoms. The Bertz CT molecular complexity index is 673. The first-order valence-corrected chi connectivity index (χ1v) is 8.00. The maximum atomic E-state index is 11.2. The first kappa shape index (κ1) is 15.6. The van der Waals surface area contributed by atoms with Gasteiger partial charge in [0.25, 0.3) is 0 Å². The van der Waals surface area contributed by atoms with Gasteiger partial charge in [0.05, 0.1) is 6.54 Å². The zero-order chi connectivity index (χ0) is 15.8. The molecule has 1 aromatic heterocycles. The molecule has 1 fully saturated rings. The fourth-order valence-corrected chi connectivity index (χ4v) is 3.33. The number of hydrogen-bond acceptors (Lipinski definition) is 4. The lowest BCUT2D eigenvalue weighted by Crippen LogP contribution is -2.42. The van der Waals surface area contributed by atoms with Crippen molar-refractivity contribution in [3.8, 4) is 0 Å². The maximum absolute atomic E-state index is 11.2. The summed E-state index contributed by atoms with van der Waals surface area (Å²) in [5.74, 6) is 0. The van der Waals surface area contributed by atoms with E-state index in [2.05, 4.69) is 22.7 Å². The van der Waals surface area contributed by atoms with E-state index in [-0.39, 0.29) is 10.7 Å². The third kappa shape index (κ3) is 2.93. The van der Waals surface area contributed by atoms with Crippen molar-refractivity contribution in [2.24, 2.45) is 5.41 Å². The van der Waals surface area contributed by atoms with E-state index in [4.69, 9.17) is 11.6 Å². The summed E-state index contributed by atoms with van der Waals surface area (Å²) in [4.78, 5) is 3.94. The molecule has 22 heavy (non-hydrogen) atoms. The highest BCUT2D eigenvalue weighted by Crippen LogP contribution is 2.58. The Morgan fingerprint density at radius 2 is 2.18 bits per heavy atom. The van der Waals surface area contributed by atoms with Gasteiger partial charge in [0, 0.05) is 15.7 Å². The average Bonchev–Trinajstić information content (AvgIpc) is 2.90.